The first-order valence-electron chi connectivity index (χ1n) is 6.96. The molecule has 0 spiro atoms. The van der Waals surface area contributed by atoms with Gasteiger partial charge in [0.1, 0.15) is 11.8 Å². The Hall–Kier alpha value is -1.60. The molecule has 2 heterocycles. The number of aryl methyl sites for hydroxylation is 2. The van der Waals surface area contributed by atoms with Crippen LogP contribution in [-0.2, 0) is 10.0 Å². The van der Waals surface area contributed by atoms with Gasteiger partial charge in [0.05, 0.1) is 17.7 Å². The summed E-state index contributed by atoms with van der Waals surface area (Å²) in [5.74, 6) is 0.801. The number of rotatable bonds is 7. The Kier molecular flexibility index (Phi) is 4.84. The second-order valence-corrected chi connectivity index (χ2v) is 7.00. The van der Waals surface area contributed by atoms with Gasteiger partial charge in [0.25, 0.3) is 0 Å². The van der Waals surface area contributed by atoms with Crippen molar-refractivity contribution in [1.29, 1.82) is 0 Å². The molecule has 1 N–H and O–H groups in total. The lowest BCUT2D eigenvalue weighted by Gasteiger charge is -2.18. The Balaban J connectivity index is 2.24. The smallest absolute Gasteiger partial charge is 0.211 e. The molecule has 0 fully saturated rings. The molecule has 21 heavy (non-hydrogen) atoms. The van der Waals surface area contributed by atoms with Crippen molar-refractivity contribution in [3.05, 3.63) is 41.6 Å². The molecule has 0 aliphatic carbocycles. The second kappa shape index (κ2) is 6.44. The van der Waals surface area contributed by atoms with Gasteiger partial charge >= 0.3 is 0 Å². The predicted octanol–water partition coefficient (Wildman–Crippen LogP) is 2.01. The van der Waals surface area contributed by atoms with Crippen LogP contribution in [0.5, 0.6) is 0 Å². The summed E-state index contributed by atoms with van der Waals surface area (Å²) in [5.41, 5.74) is 1.85. The Morgan fingerprint density at radius 3 is 2.71 bits per heavy atom. The molecule has 0 aliphatic rings. The number of sulfonamides is 1. The standard InChI is InChI=1S/C14H21N3O3S/c1-4-8-21(18,19)15-10-13(14-6-5-7-20-14)17-12(3)9-11(2)16-17/h5-7,9,13,15H,4,8,10H2,1-3H3. The van der Waals surface area contributed by atoms with Gasteiger partial charge in [-0.1, -0.05) is 6.92 Å². The summed E-state index contributed by atoms with van der Waals surface area (Å²) in [6.45, 7) is 5.91. The predicted molar refractivity (Wildman–Crippen MR) is 80.6 cm³/mol. The van der Waals surface area contributed by atoms with Crippen LogP contribution >= 0.6 is 0 Å². The van der Waals surface area contributed by atoms with Gasteiger partial charge in [-0.05, 0) is 38.5 Å². The SMILES string of the molecule is CCCS(=O)(=O)NCC(c1ccco1)n1nc(C)cc1C. The summed E-state index contributed by atoms with van der Waals surface area (Å²) >= 11 is 0. The molecule has 2 aromatic heterocycles. The Labute approximate surface area is 125 Å². The molecule has 116 valence electrons. The van der Waals surface area contributed by atoms with E-state index in [0.717, 1.165) is 11.4 Å². The Morgan fingerprint density at radius 2 is 2.19 bits per heavy atom. The molecule has 0 amide bonds. The number of nitrogens with one attached hydrogen (secondary N) is 1. The van der Waals surface area contributed by atoms with Crippen molar-refractivity contribution in [2.75, 3.05) is 12.3 Å². The highest BCUT2D eigenvalue weighted by Crippen LogP contribution is 2.20. The van der Waals surface area contributed by atoms with Gasteiger partial charge in [-0.2, -0.15) is 5.10 Å². The van der Waals surface area contributed by atoms with Crippen molar-refractivity contribution in [3.63, 3.8) is 0 Å². The number of furan rings is 1. The molecule has 0 saturated heterocycles. The lowest BCUT2D eigenvalue weighted by Crippen LogP contribution is -2.33. The molecular weight excluding hydrogens is 290 g/mol. The summed E-state index contributed by atoms with van der Waals surface area (Å²) in [5, 5.41) is 4.44. The van der Waals surface area contributed by atoms with Crippen LogP contribution in [0.1, 0.15) is 36.5 Å². The topological polar surface area (TPSA) is 77.1 Å². The number of aromatic nitrogens is 2. The highest BCUT2D eigenvalue weighted by molar-refractivity contribution is 7.89. The van der Waals surface area contributed by atoms with E-state index in [1.54, 1.807) is 17.0 Å². The first-order valence-corrected chi connectivity index (χ1v) is 8.61. The summed E-state index contributed by atoms with van der Waals surface area (Å²) in [7, 11) is -3.26. The normalized spacial score (nSPS) is 13.5. The fourth-order valence-electron chi connectivity index (χ4n) is 2.30. The maximum atomic E-state index is 11.9. The van der Waals surface area contributed by atoms with Crippen LogP contribution in [0, 0.1) is 13.8 Å². The van der Waals surface area contributed by atoms with E-state index in [0.29, 0.717) is 12.2 Å². The third kappa shape index (κ3) is 3.95. The molecular formula is C14H21N3O3S. The van der Waals surface area contributed by atoms with Crippen LogP contribution in [-0.4, -0.2) is 30.5 Å². The lowest BCUT2D eigenvalue weighted by atomic mass is 10.2. The van der Waals surface area contributed by atoms with Crippen molar-refractivity contribution in [3.8, 4) is 0 Å². The second-order valence-electron chi connectivity index (χ2n) is 5.07. The average molecular weight is 311 g/mol. The van der Waals surface area contributed by atoms with Gasteiger partial charge in [-0.25, -0.2) is 13.1 Å². The van der Waals surface area contributed by atoms with E-state index < -0.39 is 10.0 Å². The van der Waals surface area contributed by atoms with Crippen LogP contribution in [0.25, 0.3) is 0 Å². The van der Waals surface area contributed by atoms with Crippen molar-refractivity contribution >= 4 is 10.0 Å². The summed E-state index contributed by atoms with van der Waals surface area (Å²) in [6, 6.07) is 5.28. The molecule has 1 unspecified atom stereocenters. The first kappa shape index (κ1) is 15.8. The summed E-state index contributed by atoms with van der Waals surface area (Å²) < 4.78 is 33.6. The first-order chi connectivity index (χ1) is 9.93. The van der Waals surface area contributed by atoms with E-state index in [1.807, 2.05) is 32.9 Å². The number of nitrogens with zero attached hydrogens (tertiary/aromatic N) is 2. The van der Waals surface area contributed by atoms with Crippen LogP contribution in [0.15, 0.2) is 28.9 Å². The van der Waals surface area contributed by atoms with Gasteiger partial charge in [-0.15, -0.1) is 0 Å². The number of hydrogen-bond acceptors (Lipinski definition) is 4. The lowest BCUT2D eigenvalue weighted by molar-refractivity contribution is 0.397. The Morgan fingerprint density at radius 1 is 1.43 bits per heavy atom. The molecule has 0 aromatic carbocycles. The fraction of sp³-hybridized carbons (Fsp3) is 0.500. The van der Waals surface area contributed by atoms with Gasteiger partial charge < -0.3 is 4.42 Å². The van der Waals surface area contributed by atoms with Crippen LogP contribution < -0.4 is 4.72 Å². The van der Waals surface area contributed by atoms with E-state index in [4.69, 9.17) is 4.42 Å². The van der Waals surface area contributed by atoms with Crippen molar-refractivity contribution in [2.24, 2.45) is 0 Å². The molecule has 1 atom stereocenters. The fourth-order valence-corrected chi connectivity index (χ4v) is 3.39. The minimum Gasteiger partial charge on any atom is -0.467 e. The maximum absolute atomic E-state index is 11.9. The van der Waals surface area contributed by atoms with Crippen LogP contribution in [0.3, 0.4) is 0 Å². The molecule has 0 saturated carbocycles. The zero-order valence-corrected chi connectivity index (χ0v) is 13.4. The van der Waals surface area contributed by atoms with E-state index in [2.05, 4.69) is 9.82 Å². The highest BCUT2D eigenvalue weighted by Gasteiger charge is 2.22. The average Bonchev–Trinajstić information content (AvgIpc) is 3.00. The monoisotopic (exact) mass is 311 g/mol. The van der Waals surface area contributed by atoms with Gasteiger partial charge in [0.2, 0.25) is 10.0 Å². The van der Waals surface area contributed by atoms with E-state index in [1.165, 1.54) is 0 Å². The van der Waals surface area contributed by atoms with E-state index in [-0.39, 0.29) is 18.3 Å². The highest BCUT2D eigenvalue weighted by atomic mass is 32.2. The van der Waals surface area contributed by atoms with Crippen molar-refractivity contribution in [1.82, 2.24) is 14.5 Å². The quantitative estimate of drug-likeness (QED) is 0.848. The van der Waals surface area contributed by atoms with Gasteiger partial charge in [-0.3, -0.25) is 4.68 Å². The molecule has 7 heteroatoms. The van der Waals surface area contributed by atoms with Crippen molar-refractivity contribution < 1.29 is 12.8 Å². The largest absolute Gasteiger partial charge is 0.467 e. The van der Waals surface area contributed by atoms with Crippen molar-refractivity contribution in [2.45, 2.75) is 33.2 Å². The molecule has 0 aliphatic heterocycles. The molecule has 2 aromatic rings. The third-order valence-electron chi connectivity index (χ3n) is 3.18. The van der Waals surface area contributed by atoms with E-state index in [9.17, 15) is 8.42 Å². The van der Waals surface area contributed by atoms with E-state index >= 15 is 0 Å². The molecule has 0 bridgehead atoms. The maximum Gasteiger partial charge on any atom is 0.211 e. The number of hydrogen-bond donors (Lipinski definition) is 1. The zero-order valence-electron chi connectivity index (χ0n) is 12.5. The molecule has 6 nitrogen and oxygen atoms in total. The Bertz CT molecular complexity index is 674. The molecule has 0 radical (unpaired) electrons. The van der Waals surface area contributed by atoms with Gasteiger partial charge in [0.15, 0.2) is 0 Å². The van der Waals surface area contributed by atoms with Crippen LogP contribution in [0.4, 0.5) is 0 Å². The minimum atomic E-state index is -3.26. The third-order valence-corrected chi connectivity index (χ3v) is 4.73. The zero-order chi connectivity index (χ0) is 15.5. The van der Waals surface area contributed by atoms with Crippen LogP contribution in [0.2, 0.25) is 0 Å². The summed E-state index contributed by atoms with van der Waals surface area (Å²) in [4.78, 5) is 0. The summed E-state index contributed by atoms with van der Waals surface area (Å²) in [6.07, 6.45) is 2.16. The molecule has 2 rings (SSSR count). The van der Waals surface area contributed by atoms with Gasteiger partial charge in [0, 0.05) is 12.2 Å². The minimum absolute atomic E-state index is 0.120.